The van der Waals surface area contributed by atoms with Crippen LogP contribution in [0.5, 0.6) is 0 Å². The van der Waals surface area contributed by atoms with Gasteiger partial charge in [-0.3, -0.25) is 4.98 Å². The summed E-state index contributed by atoms with van der Waals surface area (Å²) in [7, 11) is 1.27. The summed E-state index contributed by atoms with van der Waals surface area (Å²) in [6, 6.07) is 2.31. The predicted octanol–water partition coefficient (Wildman–Crippen LogP) is 4.58. The highest BCUT2D eigenvalue weighted by Crippen LogP contribution is 2.52. The highest BCUT2D eigenvalue weighted by atomic mass is 32.2. The molecular weight excluding hydrogens is 618 g/mol. The molecule has 3 heterocycles. The van der Waals surface area contributed by atoms with Gasteiger partial charge in [0.2, 0.25) is 0 Å². The van der Waals surface area contributed by atoms with Gasteiger partial charge in [0.1, 0.15) is 35.5 Å². The molecule has 5 rings (SSSR count). The van der Waals surface area contributed by atoms with Crippen molar-refractivity contribution in [3.63, 3.8) is 0 Å². The maximum absolute atomic E-state index is 14.1. The average Bonchev–Trinajstić information content (AvgIpc) is 3.48. The van der Waals surface area contributed by atoms with E-state index in [4.69, 9.17) is 9.47 Å². The summed E-state index contributed by atoms with van der Waals surface area (Å²) in [6.45, 7) is -0.701. The number of aliphatic hydroxyl groups excluding tert-OH is 2. The van der Waals surface area contributed by atoms with Crippen molar-refractivity contribution in [1.82, 2.24) is 20.0 Å². The smallest absolute Gasteiger partial charge is 0.394 e. The molecule has 44 heavy (non-hydrogen) atoms. The Morgan fingerprint density at radius 2 is 1.84 bits per heavy atom. The van der Waals surface area contributed by atoms with Crippen LogP contribution in [-0.4, -0.2) is 78.4 Å². The Labute approximate surface area is 252 Å². The maximum atomic E-state index is 14.1. The lowest BCUT2D eigenvalue weighted by Crippen LogP contribution is -2.56. The molecule has 16 heteroatoms. The molecule has 1 saturated carbocycles. The van der Waals surface area contributed by atoms with E-state index in [9.17, 15) is 41.7 Å². The van der Waals surface area contributed by atoms with Crippen molar-refractivity contribution in [2.24, 2.45) is 0 Å². The fourth-order valence-corrected chi connectivity index (χ4v) is 7.56. The van der Waals surface area contributed by atoms with Crippen LogP contribution in [0.2, 0.25) is 0 Å². The summed E-state index contributed by atoms with van der Waals surface area (Å²) in [5, 5.41) is 39.6. The molecule has 1 aromatic carbocycles. The van der Waals surface area contributed by atoms with Crippen LogP contribution in [0, 0.1) is 17.5 Å². The van der Waals surface area contributed by atoms with E-state index in [0.29, 0.717) is 12.8 Å². The first-order valence-electron chi connectivity index (χ1n) is 13.8. The van der Waals surface area contributed by atoms with E-state index in [0.717, 1.165) is 47.1 Å². The van der Waals surface area contributed by atoms with Crippen molar-refractivity contribution in [3.05, 3.63) is 65.4 Å². The molecule has 0 spiro atoms. The number of hydrogen-bond donors (Lipinski definition) is 3. The normalized spacial score (nSPS) is 26.5. The molecule has 1 aliphatic carbocycles. The second-order valence-corrected chi connectivity index (χ2v) is 12.1. The van der Waals surface area contributed by atoms with Crippen LogP contribution in [-0.2, 0) is 15.7 Å². The molecule has 2 aliphatic rings. The number of halogens is 6. The molecule has 3 N–H and O–H groups in total. The number of pyridine rings is 1. The van der Waals surface area contributed by atoms with Gasteiger partial charge < -0.3 is 24.8 Å². The molecule has 0 radical (unpaired) electrons. The van der Waals surface area contributed by atoms with Crippen LogP contribution >= 0.6 is 11.8 Å². The number of nitrogens with zero attached hydrogens (tertiary/aromatic N) is 4. The van der Waals surface area contributed by atoms with Crippen LogP contribution < -0.4 is 0 Å². The molecule has 3 aromatic rings. The Balaban J connectivity index is 1.54. The quantitative estimate of drug-likeness (QED) is 0.238. The van der Waals surface area contributed by atoms with E-state index in [2.05, 4.69) is 15.3 Å². The molecule has 240 valence electrons. The average molecular weight is 649 g/mol. The van der Waals surface area contributed by atoms with Crippen LogP contribution in [0.4, 0.5) is 26.3 Å². The lowest BCUT2D eigenvalue weighted by Gasteiger charge is -2.46. The number of benzene rings is 1. The standard InChI is InChI=1S/C28H30F6N4O5S/c1-42-24-22(38-12-18(36-37-38)14-10-16(29)20(31)17(30)11-14)23(40)19(13-39)43-26(24)44-25(27(41)7-3-2-4-8-27)21-15(28(32,33)34)6-5-9-35-21/h5-6,9-12,19,22-26,39-41H,2-4,7-8,13H2,1H3/t19-,22+,23+,24-,25-,26+/m1/s1. The number of aliphatic hydroxyl groups is 3. The van der Waals surface area contributed by atoms with Crippen LogP contribution in [0.3, 0.4) is 0 Å². The van der Waals surface area contributed by atoms with Gasteiger partial charge in [0, 0.05) is 18.9 Å². The highest BCUT2D eigenvalue weighted by molar-refractivity contribution is 8.00. The maximum Gasteiger partial charge on any atom is 0.418 e. The van der Waals surface area contributed by atoms with Crippen molar-refractivity contribution in [2.75, 3.05) is 13.7 Å². The fraction of sp³-hybridized carbons (Fsp3) is 0.536. The number of ether oxygens (including phenoxy) is 2. The van der Waals surface area contributed by atoms with Crippen LogP contribution in [0.25, 0.3) is 11.3 Å². The van der Waals surface area contributed by atoms with E-state index in [1.54, 1.807) is 0 Å². The Hall–Kier alpha value is -2.76. The summed E-state index contributed by atoms with van der Waals surface area (Å²) in [5.41, 5.74) is -4.43. The van der Waals surface area contributed by atoms with Gasteiger partial charge in [0.15, 0.2) is 17.5 Å². The molecule has 0 amide bonds. The van der Waals surface area contributed by atoms with E-state index in [1.807, 2.05) is 0 Å². The molecule has 2 fully saturated rings. The van der Waals surface area contributed by atoms with Gasteiger partial charge in [-0.2, -0.15) is 13.2 Å². The Kier molecular flexibility index (Phi) is 9.58. The SMILES string of the molecule is CO[C@@H]1[C@@H](n2cc(-c3cc(F)c(F)c(F)c3)nn2)[C@@H](O)[C@@H](CO)O[C@H]1S[C@H](c1ncccc1C(F)(F)F)C1(O)CCCCC1. The van der Waals surface area contributed by atoms with Crippen molar-refractivity contribution < 1.29 is 51.1 Å². The Morgan fingerprint density at radius 1 is 1.16 bits per heavy atom. The number of alkyl halides is 3. The zero-order valence-electron chi connectivity index (χ0n) is 23.3. The van der Waals surface area contributed by atoms with Crippen molar-refractivity contribution >= 4 is 11.8 Å². The van der Waals surface area contributed by atoms with Crippen molar-refractivity contribution in [2.45, 2.75) is 78.9 Å². The van der Waals surface area contributed by atoms with Gasteiger partial charge >= 0.3 is 6.18 Å². The number of rotatable bonds is 8. The van der Waals surface area contributed by atoms with E-state index < -0.39 is 76.4 Å². The highest BCUT2D eigenvalue weighted by Gasteiger charge is 2.52. The second kappa shape index (κ2) is 12.9. The summed E-state index contributed by atoms with van der Waals surface area (Å²) in [6.07, 6.45) is -3.90. The van der Waals surface area contributed by atoms with Crippen LogP contribution in [0.15, 0.2) is 36.7 Å². The largest absolute Gasteiger partial charge is 0.418 e. The Bertz CT molecular complexity index is 1430. The minimum Gasteiger partial charge on any atom is -0.394 e. The van der Waals surface area contributed by atoms with Gasteiger partial charge in [-0.05, 0) is 37.1 Å². The Morgan fingerprint density at radius 3 is 2.45 bits per heavy atom. The lowest BCUT2D eigenvalue weighted by molar-refractivity contribution is -0.186. The molecule has 1 saturated heterocycles. The zero-order chi connectivity index (χ0) is 31.8. The third-order valence-electron chi connectivity index (χ3n) is 8.06. The van der Waals surface area contributed by atoms with Crippen LogP contribution in [0.1, 0.15) is 54.7 Å². The van der Waals surface area contributed by atoms with Gasteiger partial charge in [-0.1, -0.05) is 24.5 Å². The third-order valence-corrected chi connectivity index (χ3v) is 9.64. The molecule has 1 aliphatic heterocycles. The second-order valence-electron chi connectivity index (χ2n) is 10.9. The first-order chi connectivity index (χ1) is 20.9. The van der Waals surface area contributed by atoms with Gasteiger partial charge in [-0.15, -0.1) is 16.9 Å². The molecule has 6 atom stereocenters. The summed E-state index contributed by atoms with van der Waals surface area (Å²) >= 11 is 0.831. The van der Waals surface area contributed by atoms with Crippen molar-refractivity contribution in [1.29, 1.82) is 0 Å². The third kappa shape index (κ3) is 6.33. The number of thioether (sulfide) groups is 1. The first-order valence-corrected chi connectivity index (χ1v) is 14.8. The summed E-state index contributed by atoms with van der Waals surface area (Å²) in [5.74, 6) is -4.57. The van der Waals surface area contributed by atoms with E-state index in [-0.39, 0.29) is 29.8 Å². The summed E-state index contributed by atoms with van der Waals surface area (Å²) < 4.78 is 96.5. The van der Waals surface area contributed by atoms with Gasteiger partial charge in [-0.25, -0.2) is 17.9 Å². The fourth-order valence-electron chi connectivity index (χ4n) is 5.85. The summed E-state index contributed by atoms with van der Waals surface area (Å²) in [4.78, 5) is 4.06. The van der Waals surface area contributed by atoms with Crippen molar-refractivity contribution in [3.8, 4) is 11.3 Å². The number of hydrogen-bond acceptors (Lipinski definition) is 9. The molecule has 9 nitrogen and oxygen atoms in total. The van der Waals surface area contributed by atoms with E-state index >= 15 is 0 Å². The predicted molar refractivity (Wildman–Crippen MR) is 145 cm³/mol. The minimum atomic E-state index is -4.77. The number of aromatic nitrogens is 4. The molecular formula is C28H30F6N4O5S. The van der Waals surface area contributed by atoms with E-state index in [1.165, 1.54) is 19.5 Å². The molecule has 0 unspecified atom stereocenters. The zero-order valence-corrected chi connectivity index (χ0v) is 24.1. The molecule has 2 aromatic heterocycles. The lowest BCUT2D eigenvalue weighted by atomic mass is 9.80. The monoisotopic (exact) mass is 648 g/mol. The molecule has 0 bridgehead atoms. The van der Waals surface area contributed by atoms with Gasteiger partial charge in [0.25, 0.3) is 0 Å². The first kappa shape index (κ1) is 32.6. The topological polar surface area (TPSA) is 123 Å². The number of methoxy groups -OCH3 is 1. The van der Waals surface area contributed by atoms with Gasteiger partial charge in [0.05, 0.1) is 34.9 Å². The minimum absolute atomic E-state index is 0.0844.